The van der Waals surface area contributed by atoms with Crippen LogP contribution in [-0.4, -0.2) is 36.7 Å². The van der Waals surface area contributed by atoms with E-state index in [0.29, 0.717) is 6.42 Å². The average Bonchev–Trinajstić information content (AvgIpc) is 2.13. The number of piperidine rings is 1. The van der Waals surface area contributed by atoms with E-state index in [1.54, 1.807) is 0 Å². The molecule has 0 N–H and O–H groups in total. The molecule has 2 aliphatic heterocycles. The van der Waals surface area contributed by atoms with E-state index in [1.165, 1.54) is 19.3 Å². The van der Waals surface area contributed by atoms with Gasteiger partial charge in [-0.05, 0) is 25.9 Å². The maximum absolute atomic E-state index is 8.77. The fourth-order valence-electron chi connectivity index (χ4n) is 2.25. The molecule has 13 heavy (non-hydrogen) atoms. The highest BCUT2D eigenvalue weighted by Gasteiger charge is 2.43. The molecule has 0 aromatic carbocycles. The molecule has 72 valence electrons. The third-order valence-electron chi connectivity index (χ3n) is 3.18. The highest BCUT2D eigenvalue weighted by molar-refractivity contribution is 5.02. The molecule has 0 aromatic heterocycles. The topological polar surface area (TPSA) is 36.3 Å². The molecule has 2 heterocycles. The number of hydrogen-bond donors (Lipinski definition) is 0. The smallest absolute Gasteiger partial charge is 0.0809 e. The minimum absolute atomic E-state index is 0.0924. The third kappa shape index (κ3) is 1.56. The summed E-state index contributed by atoms with van der Waals surface area (Å²) in [6, 6.07) is 2.29. The van der Waals surface area contributed by atoms with Crippen LogP contribution in [-0.2, 0) is 4.74 Å². The van der Waals surface area contributed by atoms with Gasteiger partial charge in [0.15, 0.2) is 0 Å². The monoisotopic (exact) mass is 180 g/mol. The van der Waals surface area contributed by atoms with Crippen LogP contribution < -0.4 is 0 Å². The minimum Gasteiger partial charge on any atom is -0.377 e. The first-order chi connectivity index (χ1) is 6.37. The van der Waals surface area contributed by atoms with E-state index in [4.69, 9.17) is 10.00 Å². The summed E-state index contributed by atoms with van der Waals surface area (Å²) in [5.74, 6) is 0. The van der Waals surface area contributed by atoms with E-state index in [0.717, 1.165) is 26.3 Å². The fourth-order valence-corrected chi connectivity index (χ4v) is 2.25. The molecule has 3 heteroatoms. The van der Waals surface area contributed by atoms with E-state index in [2.05, 4.69) is 11.0 Å². The standard InChI is InChI=1S/C10H16N2O/c11-5-4-10(8-13-9-10)12-6-2-1-3-7-12/h1-4,6-9H2. The second-order valence-electron chi connectivity index (χ2n) is 4.10. The van der Waals surface area contributed by atoms with Gasteiger partial charge in [0.05, 0.1) is 31.2 Å². The molecule has 0 spiro atoms. The van der Waals surface area contributed by atoms with E-state index >= 15 is 0 Å². The van der Waals surface area contributed by atoms with Gasteiger partial charge in [0.1, 0.15) is 0 Å². The second kappa shape index (κ2) is 3.65. The first-order valence-electron chi connectivity index (χ1n) is 5.07. The Balaban J connectivity index is 1.98. The van der Waals surface area contributed by atoms with Gasteiger partial charge in [-0.25, -0.2) is 0 Å². The quantitative estimate of drug-likeness (QED) is 0.639. The molecule has 0 aromatic rings. The van der Waals surface area contributed by atoms with Gasteiger partial charge in [-0.3, -0.25) is 4.90 Å². The molecule has 3 nitrogen and oxygen atoms in total. The van der Waals surface area contributed by atoms with Crippen molar-refractivity contribution in [2.24, 2.45) is 0 Å². The summed E-state index contributed by atoms with van der Waals surface area (Å²) in [6.07, 6.45) is 4.55. The van der Waals surface area contributed by atoms with Gasteiger partial charge in [0.2, 0.25) is 0 Å². The summed E-state index contributed by atoms with van der Waals surface area (Å²) in [6.45, 7) is 3.84. The number of nitrogens with zero attached hydrogens (tertiary/aromatic N) is 2. The molecule has 2 aliphatic rings. The largest absolute Gasteiger partial charge is 0.377 e. The van der Waals surface area contributed by atoms with Crippen molar-refractivity contribution < 1.29 is 4.74 Å². The van der Waals surface area contributed by atoms with E-state index < -0.39 is 0 Å². The zero-order valence-electron chi connectivity index (χ0n) is 7.96. The van der Waals surface area contributed by atoms with Gasteiger partial charge < -0.3 is 4.74 Å². The molecule has 0 unspecified atom stereocenters. The Bertz CT molecular complexity index is 211. The van der Waals surface area contributed by atoms with E-state index in [9.17, 15) is 0 Å². The summed E-state index contributed by atoms with van der Waals surface area (Å²) < 4.78 is 5.25. The molecule has 0 amide bonds. The van der Waals surface area contributed by atoms with Gasteiger partial charge in [0, 0.05) is 0 Å². The summed E-state index contributed by atoms with van der Waals surface area (Å²) in [5, 5.41) is 8.77. The highest BCUT2D eigenvalue weighted by atomic mass is 16.5. The molecule has 0 saturated carbocycles. The molecule has 0 bridgehead atoms. The Labute approximate surface area is 79.3 Å². The van der Waals surface area contributed by atoms with Crippen molar-refractivity contribution in [1.82, 2.24) is 4.90 Å². The number of likely N-dealkylation sites (tertiary alicyclic amines) is 1. The summed E-state index contributed by atoms with van der Waals surface area (Å²) >= 11 is 0. The van der Waals surface area contributed by atoms with Crippen molar-refractivity contribution in [2.75, 3.05) is 26.3 Å². The van der Waals surface area contributed by atoms with Gasteiger partial charge in [0.25, 0.3) is 0 Å². The van der Waals surface area contributed by atoms with Crippen LogP contribution in [0.15, 0.2) is 0 Å². The van der Waals surface area contributed by atoms with Crippen molar-refractivity contribution in [3.05, 3.63) is 0 Å². The summed E-state index contributed by atoms with van der Waals surface area (Å²) in [5.41, 5.74) is 0.0924. The molecule has 0 atom stereocenters. The Kier molecular flexibility index (Phi) is 2.52. The SMILES string of the molecule is N#CCC1(N2CCCCC2)COC1. The molecule has 2 rings (SSSR count). The average molecular weight is 180 g/mol. The number of rotatable bonds is 2. The van der Waals surface area contributed by atoms with Gasteiger partial charge >= 0.3 is 0 Å². The lowest BCUT2D eigenvalue weighted by molar-refractivity contribution is -0.142. The van der Waals surface area contributed by atoms with Gasteiger partial charge in [-0.15, -0.1) is 0 Å². The maximum Gasteiger partial charge on any atom is 0.0809 e. The van der Waals surface area contributed by atoms with Crippen LogP contribution in [0.4, 0.5) is 0 Å². The summed E-state index contributed by atoms with van der Waals surface area (Å²) in [7, 11) is 0. The van der Waals surface area contributed by atoms with Crippen LogP contribution in [0, 0.1) is 11.3 Å². The molecule has 2 fully saturated rings. The molecule has 0 aliphatic carbocycles. The van der Waals surface area contributed by atoms with Crippen LogP contribution in [0.1, 0.15) is 25.7 Å². The van der Waals surface area contributed by atoms with Crippen LogP contribution in [0.5, 0.6) is 0 Å². The summed E-state index contributed by atoms with van der Waals surface area (Å²) in [4.78, 5) is 2.46. The predicted molar refractivity (Wildman–Crippen MR) is 49.2 cm³/mol. The number of nitriles is 1. The Hall–Kier alpha value is -0.590. The number of ether oxygens (including phenoxy) is 1. The second-order valence-corrected chi connectivity index (χ2v) is 4.10. The lowest BCUT2D eigenvalue weighted by Crippen LogP contribution is -2.63. The predicted octanol–water partition coefficient (Wildman–Crippen LogP) is 1.15. The van der Waals surface area contributed by atoms with Crippen molar-refractivity contribution >= 4 is 0 Å². The van der Waals surface area contributed by atoms with E-state index in [-0.39, 0.29) is 5.54 Å². The number of hydrogen-bond acceptors (Lipinski definition) is 3. The van der Waals surface area contributed by atoms with Crippen LogP contribution in [0.3, 0.4) is 0 Å². The minimum atomic E-state index is 0.0924. The normalized spacial score (nSPS) is 27.6. The van der Waals surface area contributed by atoms with E-state index in [1.807, 2.05) is 0 Å². The first kappa shape index (κ1) is 8.98. The first-order valence-corrected chi connectivity index (χ1v) is 5.07. The Morgan fingerprint density at radius 1 is 1.23 bits per heavy atom. The fraction of sp³-hybridized carbons (Fsp3) is 0.900. The van der Waals surface area contributed by atoms with Gasteiger partial charge in [-0.2, -0.15) is 5.26 Å². The molecular weight excluding hydrogens is 164 g/mol. The Morgan fingerprint density at radius 2 is 1.92 bits per heavy atom. The van der Waals surface area contributed by atoms with Crippen molar-refractivity contribution in [3.8, 4) is 6.07 Å². The van der Waals surface area contributed by atoms with Crippen LogP contribution in [0.25, 0.3) is 0 Å². The zero-order valence-corrected chi connectivity index (χ0v) is 7.96. The lowest BCUT2D eigenvalue weighted by Gasteiger charge is -2.49. The highest BCUT2D eigenvalue weighted by Crippen LogP contribution is 2.30. The zero-order chi connectivity index (χ0) is 9.15. The molecular formula is C10H16N2O. The van der Waals surface area contributed by atoms with Crippen molar-refractivity contribution in [2.45, 2.75) is 31.2 Å². The van der Waals surface area contributed by atoms with Crippen molar-refractivity contribution in [1.29, 1.82) is 5.26 Å². The Morgan fingerprint density at radius 3 is 2.38 bits per heavy atom. The van der Waals surface area contributed by atoms with Gasteiger partial charge in [-0.1, -0.05) is 6.42 Å². The maximum atomic E-state index is 8.77. The lowest BCUT2D eigenvalue weighted by atomic mass is 9.89. The molecule has 0 radical (unpaired) electrons. The van der Waals surface area contributed by atoms with Crippen LogP contribution in [0.2, 0.25) is 0 Å². The third-order valence-corrected chi connectivity index (χ3v) is 3.18. The molecule has 2 saturated heterocycles. The van der Waals surface area contributed by atoms with Crippen molar-refractivity contribution in [3.63, 3.8) is 0 Å². The van der Waals surface area contributed by atoms with Crippen LogP contribution >= 0.6 is 0 Å².